The molecule has 0 aliphatic carbocycles. The van der Waals surface area contributed by atoms with E-state index < -0.39 is 0 Å². The second kappa shape index (κ2) is 9.62. The van der Waals surface area contributed by atoms with E-state index >= 15 is 0 Å². The molecule has 1 aromatic carbocycles. The van der Waals surface area contributed by atoms with E-state index in [1.807, 2.05) is 53.2 Å². The van der Waals surface area contributed by atoms with E-state index in [0.717, 1.165) is 10.6 Å². The maximum absolute atomic E-state index is 12.4. The van der Waals surface area contributed by atoms with Crippen LogP contribution in [-0.4, -0.2) is 16.8 Å². The summed E-state index contributed by atoms with van der Waals surface area (Å²) in [5, 5.41) is 7.47. The molecule has 3 aromatic rings. The maximum atomic E-state index is 12.4. The molecule has 5 nitrogen and oxygen atoms in total. The monoisotopic (exact) mass is 425 g/mol. The number of thiophene rings is 1. The van der Waals surface area contributed by atoms with E-state index in [-0.39, 0.29) is 23.8 Å². The predicted octanol–water partition coefficient (Wildman–Crippen LogP) is 5.42. The third kappa shape index (κ3) is 5.40. The Kier molecular flexibility index (Phi) is 6.95. The minimum absolute atomic E-state index is 0.0237. The number of aromatic nitrogens is 1. The summed E-state index contributed by atoms with van der Waals surface area (Å²) < 4.78 is 0. The van der Waals surface area contributed by atoms with Crippen molar-refractivity contribution in [1.29, 1.82) is 0 Å². The number of nitrogens with one attached hydrogen (secondary N) is 1. The third-order valence-corrected chi connectivity index (χ3v) is 6.05. The molecule has 29 heavy (non-hydrogen) atoms. The van der Waals surface area contributed by atoms with Gasteiger partial charge in [0.1, 0.15) is 0 Å². The Balaban J connectivity index is 1.71. The number of carbonyl (C=O) groups excluding carboxylic acids is 2. The first-order chi connectivity index (χ1) is 14.0. The van der Waals surface area contributed by atoms with Gasteiger partial charge in [-0.1, -0.05) is 38.1 Å². The number of nitrogens with zero attached hydrogens (tertiary/aromatic N) is 2. The summed E-state index contributed by atoms with van der Waals surface area (Å²) in [5.41, 5.74) is 1.40. The molecule has 0 saturated heterocycles. The molecule has 0 aliphatic rings. The van der Waals surface area contributed by atoms with E-state index in [0.29, 0.717) is 10.8 Å². The molecule has 0 spiro atoms. The van der Waals surface area contributed by atoms with Crippen LogP contribution in [0.4, 0.5) is 10.8 Å². The van der Waals surface area contributed by atoms with Crippen LogP contribution in [0.3, 0.4) is 0 Å². The molecule has 0 fully saturated rings. The largest absolute Gasteiger partial charge is 0.345 e. The zero-order valence-corrected chi connectivity index (χ0v) is 18.2. The van der Waals surface area contributed by atoms with Crippen LogP contribution in [0.2, 0.25) is 0 Å². The lowest BCUT2D eigenvalue weighted by atomic mass is 10.0. The summed E-state index contributed by atoms with van der Waals surface area (Å²) >= 11 is 3.00. The lowest BCUT2D eigenvalue weighted by molar-refractivity contribution is -0.117. The van der Waals surface area contributed by atoms with Gasteiger partial charge in [-0.15, -0.1) is 22.7 Å². The highest BCUT2D eigenvalue weighted by Crippen LogP contribution is 2.29. The Hall–Kier alpha value is -2.77. The van der Waals surface area contributed by atoms with E-state index in [2.05, 4.69) is 24.1 Å². The summed E-state index contributed by atoms with van der Waals surface area (Å²) in [7, 11) is 0. The average Bonchev–Trinajstić information content (AvgIpc) is 3.37. The summed E-state index contributed by atoms with van der Waals surface area (Å²) in [6, 6.07) is 13.4. The summed E-state index contributed by atoms with van der Waals surface area (Å²) in [6.07, 6.45) is 3.16. The number of carbonyl (C=O) groups is 2. The first-order valence-electron chi connectivity index (χ1n) is 9.29. The van der Waals surface area contributed by atoms with Gasteiger partial charge in [-0.05, 0) is 35.6 Å². The number of hydrogen-bond donors (Lipinski definition) is 1. The molecule has 0 aliphatic heterocycles. The number of anilines is 2. The van der Waals surface area contributed by atoms with Crippen molar-refractivity contribution in [3.05, 3.63) is 69.9 Å². The Morgan fingerprint density at radius 2 is 1.86 bits per heavy atom. The fourth-order valence-electron chi connectivity index (χ4n) is 2.86. The van der Waals surface area contributed by atoms with Crippen LogP contribution in [0.5, 0.6) is 0 Å². The number of thiazole rings is 1. The molecule has 150 valence electrons. The van der Waals surface area contributed by atoms with Crippen molar-refractivity contribution < 1.29 is 9.59 Å². The number of benzene rings is 1. The molecule has 2 aromatic heterocycles. The van der Waals surface area contributed by atoms with E-state index in [1.165, 1.54) is 24.3 Å². The van der Waals surface area contributed by atoms with Crippen LogP contribution < -0.4 is 10.2 Å². The van der Waals surface area contributed by atoms with Crippen molar-refractivity contribution >= 4 is 51.4 Å². The molecular weight excluding hydrogens is 402 g/mol. The quantitative estimate of drug-likeness (QED) is 0.515. The second-order valence-corrected chi connectivity index (χ2v) is 8.64. The normalized spacial score (nSPS) is 12.3. The molecule has 1 atom stereocenters. The Labute approximate surface area is 178 Å². The number of amides is 2. The molecule has 1 N–H and O–H groups in total. The molecule has 0 radical (unpaired) electrons. The van der Waals surface area contributed by atoms with Crippen molar-refractivity contribution in [2.75, 3.05) is 4.90 Å². The zero-order valence-electron chi connectivity index (χ0n) is 16.5. The van der Waals surface area contributed by atoms with Gasteiger partial charge in [0.15, 0.2) is 5.13 Å². The number of hydrogen-bond acceptors (Lipinski definition) is 5. The average molecular weight is 426 g/mol. The zero-order chi connectivity index (χ0) is 20.8. The minimum atomic E-state index is -0.168. The Bertz CT molecular complexity index is 979. The number of para-hydroxylation sites is 1. The SMILES string of the molecule is CC(=O)N(c1ccccc1)c1nc(/C=C/C(=O)NC(c2cccs2)C(C)C)cs1. The van der Waals surface area contributed by atoms with Crippen LogP contribution in [0, 0.1) is 5.92 Å². The number of rotatable bonds is 7. The van der Waals surface area contributed by atoms with Crippen LogP contribution >= 0.6 is 22.7 Å². The molecule has 0 saturated carbocycles. The van der Waals surface area contributed by atoms with Gasteiger partial charge in [0.25, 0.3) is 0 Å². The summed E-state index contributed by atoms with van der Waals surface area (Å²) in [4.78, 5) is 31.7. The van der Waals surface area contributed by atoms with Crippen LogP contribution in [0.25, 0.3) is 6.08 Å². The van der Waals surface area contributed by atoms with Gasteiger partial charge in [-0.3, -0.25) is 14.5 Å². The van der Waals surface area contributed by atoms with Gasteiger partial charge in [0.05, 0.1) is 17.4 Å². The molecule has 0 bridgehead atoms. The lowest BCUT2D eigenvalue weighted by Gasteiger charge is -2.20. The van der Waals surface area contributed by atoms with Crippen molar-refractivity contribution in [2.45, 2.75) is 26.8 Å². The topological polar surface area (TPSA) is 62.3 Å². The first-order valence-corrected chi connectivity index (χ1v) is 11.0. The minimum Gasteiger partial charge on any atom is -0.345 e. The van der Waals surface area contributed by atoms with Crippen molar-refractivity contribution in [3.8, 4) is 0 Å². The molecule has 2 amide bonds. The molecule has 3 rings (SSSR count). The van der Waals surface area contributed by atoms with Gasteiger partial charge in [-0.25, -0.2) is 4.98 Å². The predicted molar refractivity (Wildman–Crippen MR) is 120 cm³/mol. The maximum Gasteiger partial charge on any atom is 0.244 e. The van der Waals surface area contributed by atoms with Crippen molar-refractivity contribution in [2.24, 2.45) is 5.92 Å². The second-order valence-electron chi connectivity index (χ2n) is 6.82. The van der Waals surface area contributed by atoms with E-state index in [9.17, 15) is 9.59 Å². The smallest absolute Gasteiger partial charge is 0.244 e. The van der Waals surface area contributed by atoms with E-state index in [1.54, 1.807) is 22.3 Å². The van der Waals surface area contributed by atoms with Crippen molar-refractivity contribution in [3.63, 3.8) is 0 Å². The fraction of sp³-hybridized carbons (Fsp3) is 0.227. The highest BCUT2D eigenvalue weighted by molar-refractivity contribution is 7.14. The van der Waals surface area contributed by atoms with Gasteiger partial charge in [0, 0.05) is 23.3 Å². The third-order valence-electron chi connectivity index (χ3n) is 4.25. The van der Waals surface area contributed by atoms with Gasteiger partial charge in [-0.2, -0.15) is 0 Å². The first kappa shape index (κ1) is 21.0. The van der Waals surface area contributed by atoms with Crippen LogP contribution in [-0.2, 0) is 9.59 Å². The molecule has 2 heterocycles. The fourth-order valence-corrected chi connectivity index (χ4v) is 4.66. The summed E-state index contributed by atoms with van der Waals surface area (Å²) in [6.45, 7) is 5.68. The van der Waals surface area contributed by atoms with Crippen molar-refractivity contribution in [1.82, 2.24) is 10.3 Å². The van der Waals surface area contributed by atoms with Gasteiger partial charge in [0.2, 0.25) is 11.8 Å². The van der Waals surface area contributed by atoms with Gasteiger partial charge >= 0.3 is 0 Å². The molecule has 1 unspecified atom stereocenters. The van der Waals surface area contributed by atoms with Crippen LogP contribution in [0.1, 0.15) is 37.4 Å². The highest BCUT2D eigenvalue weighted by Gasteiger charge is 2.19. The Morgan fingerprint density at radius 3 is 2.48 bits per heavy atom. The lowest BCUT2D eigenvalue weighted by Crippen LogP contribution is -2.29. The summed E-state index contributed by atoms with van der Waals surface area (Å²) in [5.74, 6) is -0.000415. The Morgan fingerprint density at radius 1 is 1.10 bits per heavy atom. The van der Waals surface area contributed by atoms with Crippen LogP contribution in [0.15, 0.2) is 59.3 Å². The van der Waals surface area contributed by atoms with Gasteiger partial charge < -0.3 is 5.32 Å². The van der Waals surface area contributed by atoms with E-state index in [4.69, 9.17) is 0 Å². The molecular formula is C22H23N3O2S2. The standard InChI is InChI=1S/C22H23N3O2S2/c1-15(2)21(19-10-7-13-28-19)24-20(27)12-11-17-14-29-22(23-17)25(16(3)26)18-8-5-4-6-9-18/h4-15,21H,1-3H3,(H,24,27)/b12-11+. The molecule has 7 heteroatoms. The highest BCUT2D eigenvalue weighted by atomic mass is 32.1.